The summed E-state index contributed by atoms with van der Waals surface area (Å²) in [5, 5.41) is 6.34. The van der Waals surface area contributed by atoms with Gasteiger partial charge in [-0.2, -0.15) is 0 Å². The molecule has 0 fully saturated rings. The number of hydrogen-bond acceptors (Lipinski definition) is 6. The van der Waals surface area contributed by atoms with Crippen LogP contribution in [-0.2, 0) is 4.74 Å². The third kappa shape index (κ3) is 10.8. The zero-order valence-electron chi connectivity index (χ0n) is 16.1. The average Bonchev–Trinajstić information content (AvgIpc) is 2.54. The highest BCUT2D eigenvalue weighted by atomic mass is 16.5. The Bertz CT molecular complexity index is 288. The molecule has 2 unspecified atom stereocenters. The quantitative estimate of drug-likeness (QED) is 0.268. The van der Waals surface area contributed by atoms with Crippen molar-refractivity contribution in [3.05, 3.63) is 0 Å². The molecule has 2 atom stereocenters. The summed E-state index contributed by atoms with van der Waals surface area (Å²) in [5.41, 5.74) is 0. The minimum Gasteiger partial charge on any atom is -0.353 e. The minimum atomic E-state index is 0.0347. The molecule has 0 spiro atoms. The second kappa shape index (κ2) is 15.0. The van der Waals surface area contributed by atoms with E-state index in [9.17, 15) is 0 Å². The number of nitrogens with zero attached hydrogens (tertiary/aromatic N) is 3. The van der Waals surface area contributed by atoms with E-state index in [4.69, 9.17) is 4.74 Å². The summed E-state index contributed by atoms with van der Waals surface area (Å²) in [7, 11) is 7.87. The minimum absolute atomic E-state index is 0.0347. The fourth-order valence-electron chi connectivity index (χ4n) is 2.60. The Morgan fingerprint density at radius 3 is 2.52 bits per heavy atom. The van der Waals surface area contributed by atoms with Crippen LogP contribution in [0.3, 0.4) is 0 Å². The van der Waals surface area contributed by atoms with E-state index in [0.717, 1.165) is 45.7 Å². The molecule has 23 heavy (non-hydrogen) atoms. The Morgan fingerprint density at radius 2 is 1.96 bits per heavy atom. The van der Waals surface area contributed by atoms with E-state index in [-0.39, 0.29) is 6.35 Å². The number of hydrogen-bond donors (Lipinski definition) is 2. The first-order valence-corrected chi connectivity index (χ1v) is 8.85. The third-order valence-electron chi connectivity index (χ3n) is 4.00. The summed E-state index contributed by atoms with van der Waals surface area (Å²) >= 11 is 0. The Kier molecular flexibility index (Phi) is 14.7. The van der Waals surface area contributed by atoms with Crippen LogP contribution in [0.5, 0.6) is 0 Å². The number of methoxy groups -OCH3 is 1. The molecule has 6 nitrogen and oxygen atoms in total. The molecule has 0 radical (unpaired) electrons. The molecule has 0 aromatic carbocycles. The molecule has 2 N–H and O–H groups in total. The van der Waals surface area contributed by atoms with Crippen LogP contribution in [0.25, 0.3) is 0 Å². The predicted octanol–water partition coefficient (Wildman–Crippen LogP) is 1.10. The summed E-state index contributed by atoms with van der Waals surface area (Å²) in [6.07, 6.45) is 4.18. The molecule has 0 heterocycles. The molecule has 0 saturated carbocycles. The summed E-state index contributed by atoms with van der Waals surface area (Å²) < 4.78 is 5.73. The lowest BCUT2D eigenvalue weighted by Gasteiger charge is -2.36. The first kappa shape index (κ1) is 22.5. The molecular formula is C17H39N5O. The van der Waals surface area contributed by atoms with Crippen LogP contribution in [0.1, 0.15) is 26.7 Å². The van der Waals surface area contributed by atoms with Crippen LogP contribution in [-0.4, -0.2) is 89.9 Å². The van der Waals surface area contributed by atoms with Crippen molar-refractivity contribution in [3.8, 4) is 0 Å². The number of likely N-dealkylation sites (N-methyl/N-ethyl adjacent to an activating group) is 1. The van der Waals surface area contributed by atoms with Crippen molar-refractivity contribution in [1.82, 2.24) is 20.4 Å². The van der Waals surface area contributed by atoms with E-state index in [2.05, 4.69) is 46.3 Å². The van der Waals surface area contributed by atoms with Gasteiger partial charge in [0, 0.05) is 33.0 Å². The number of rotatable bonds is 15. The Hall–Kier alpha value is -0.530. The maximum atomic E-state index is 5.73. The smallest absolute Gasteiger partial charge is 0.167 e. The van der Waals surface area contributed by atoms with Gasteiger partial charge in [0.05, 0.1) is 6.54 Å². The first-order valence-electron chi connectivity index (χ1n) is 8.85. The maximum Gasteiger partial charge on any atom is 0.167 e. The normalized spacial score (nSPS) is 15.0. The van der Waals surface area contributed by atoms with Gasteiger partial charge in [-0.15, -0.1) is 0 Å². The van der Waals surface area contributed by atoms with Crippen LogP contribution in [0.4, 0.5) is 0 Å². The molecule has 0 aliphatic heterocycles. The Balaban J connectivity index is 4.25. The van der Waals surface area contributed by atoms with E-state index >= 15 is 0 Å². The van der Waals surface area contributed by atoms with E-state index in [1.54, 1.807) is 7.11 Å². The maximum absolute atomic E-state index is 5.73. The topological polar surface area (TPSA) is 52.1 Å². The largest absolute Gasteiger partial charge is 0.353 e. The van der Waals surface area contributed by atoms with Crippen LogP contribution in [0.15, 0.2) is 4.99 Å². The third-order valence-corrected chi connectivity index (χ3v) is 4.00. The fourth-order valence-corrected chi connectivity index (χ4v) is 2.60. The van der Waals surface area contributed by atoms with Crippen LogP contribution in [0, 0.1) is 5.92 Å². The highest BCUT2D eigenvalue weighted by Crippen LogP contribution is 2.10. The highest BCUT2D eigenvalue weighted by Gasteiger charge is 2.20. The van der Waals surface area contributed by atoms with Gasteiger partial charge in [-0.1, -0.05) is 13.8 Å². The van der Waals surface area contributed by atoms with Crippen molar-refractivity contribution < 1.29 is 4.74 Å². The SMILES string of the molecule is CCN(CCC(C)CNC)C(OC)N(C)CCC=NCCNC. The molecule has 6 heteroatoms. The number of ether oxygens (including phenoxy) is 1. The summed E-state index contributed by atoms with van der Waals surface area (Å²) in [4.78, 5) is 9.04. The second-order valence-corrected chi connectivity index (χ2v) is 6.10. The van der Waals surface area contributed by atoms with Gasteiger partial charge < -0.3 is 15.4 Å². The Labute approximate surface area is 143 Å². The lowest BCUT2D eigenvalue weighted by molar-refractivity contribution is -0.124. The molecule has 0 aromatic heterocycles. The second-order valence-electron chi connectivity index (χ2n) is 6.10. The molecular weight excluding hydrogens is 290 g/mol. The monoisotopic (exact) mass is 329 g/mol. The molecule has 0 bridgehead atoms. The Morgan fingerprint density at radius 1 is 1.22 bits per heavy atom. The molecule has 0 saturated heterocycles. The fraction of sp³-hybridized carbons (Fsp3) is 0.941. The zero-order chi connectivity index (χ0) is 17.5. The van der Waals surface area contributed by atoms with Crippen molar-refractivity contribution in [2.45, 2.75) is 33.0 Å². The molecule has 0 rings (SSSR count). The van der Waals surface area contributed by atoms with Crippen molar-refractivity contribution in [1.29, 1.82) is 0 Å². The van der Waals surface area contributed by atoms with Gasteiger partial charge >= 0.3 is 0 Å². The van der Waals surface area contributed by atoms with Crippen molar-refractivity contribution >= 4 is 6.21 Å². The van der Waals surface area contributed by atoms with Gasteiger partial charge in [-0.25, -0.2) is 0 Å². The summed E-state index contributed by atoms with van der Waals surface area (Å²) in [6.45, 7) is 10.3. The van der Waals surface area contributed by atoms with E-state index in [1.165, 1.54) is 6.42 Å². The molecule has 0 aliphatic carbocycles. The van der Waals surface area contributed by atoms with Gasteiger partial charge in [0.25, 0.3) is 0 Å². The predicted molar refractivity (Wildman–Crippen MR) is 100 cm³/mol. The van der Waals surface area contributed by atoms with Crippen molar-refractivity contribution in [2.24, 2.45) is 10.9 Å². The molecule has 0 aromatic rings. The highest BCUT2D eigenvalue weighted by molar-refractivity contribution is 5.57. The van der Waals surface area contributed by atoms with Gasteiger partial charge in [0.2, 0.25) is 0 Å². The molecule has 0 aliphatic rings. The number of nitrogens with one attached hydrogen (secondary N) is 2. The van der Waals surface area contributed by atoms with Gasteiger partial charge in [0.15, 0.2) is 6.35 Å². The van der Waals surface area contributed by atoms with Crippen LogP contribution >= 0.6 is 0 Å². The van der Waals surface area contributed by atoms with E-state index < -0.39 is 0 Å². The summed E-state index contributed by atoms with van der Waals surface area (Å²) in [5.74, 6) is 0.677. The molecule has 138 valence electrons. The molecule has 0 amide bonds. The lowest BCUT2D eigenvalue weighted by Crippen LogP contribution is -2.49. The van der Waals surface area contributed by atoms with Crippen molar-refractivity contribution in [2.75, 3.05) is 67.5 Å². The van der Waals surface area contributed by atoms with Crippen LogP contribution in [0.2, 0.25) is 0 Å². The lowest BCUT2D eigenvalue weighted by atomic mass is 10.1. The number of aliphatic imine (C=N–C) groups is 1. The zero-order valence-corrected chi connectivity index (χ0v) is 16.1. The van der Waals surface area contributed by atoms with Gasteiger partial charge in [-0.3, -0.25) is 14.8 Å². The first-order chi connectivity index (χ1) is 11.1. The van der Waals surface area contributed by atoms with Crippen molar-refractivity contribution in [3.63, 3.8) is 0 Å². The van der Waals surface area contributed by atoms with Gasteiger partial charge in [0.1, 0.15) is 0 Å². The standard InChI is InChI=1S/C17H39N5O/c1-7-22(14-9-16(2)15-19-4)17(23-6)21(5)13-8-10-20-12-11-18-3/h10,16-19H,7-9,11-15H2,1-6H3. The van der Waals surface area contributed by atoms with Gasteiger partial charge in [-0.05, 0) is 53.0 Å². The average molecular weight is 330 g/mol. The summed E-state index contributed by atoms with van der Waals surface area (Å²) in [6, 6.07) is 0. The van der Waals surface area contributed by atoms with E-state index in [1.807, 2.05) is 20.3 Å². The van der Waals surface area contributed by atoms with Crippen LogP contribution < -0.4 is 10.6 Å². The van der Waals surface area contributed by atoms with E-state index in [0.29, 0.717) is 5.92 Å².